The number of nitrogens with one attached hydrogen (secondary N) is 2. The van der Waals surface area contributed by atoms with Crippen LogP contribution in [0.2, 0.25) is 0 Å². The summed E-state index contributed by atoms with van der Waals surface area (Å²) in [6.45, 7) is 5.32. The third-order valence-electron chi connectivity index (χ3n) is 7.23. The van der Waals surface area contributed by atoms with Crippen molar-refractivity contribution in [2.75, 3.05) is 40.3 Å². The highest BCUT2D eigenvalue weighted by molar-refractivity contribution is 6.05. The summed E-state index contributed by atoms with van der Waals surface area (Å²) in [6.07, 6.45) is 5.13. The summed E-state index contributed by atoms with van der Waals surface area (Å²) >= 11 is 0. The number of imide groups is 1. The molecule has 8 nitrogen and oxygen atoms in total. The van der Waals surface area contributed by atoms with E-state index >= 15 is 0 Å². The minimum atomic E-state index is -0.363. The standard InChI is InChI=1S/C28H35N5O3/c1-18-14-22-25(20-6-4-12-33(17-20)23-15-24(34)30-28(23)35)26(31-27(22)29-16-18)19-7-9-21(10-8-19)36-13-5-11-32(2)3/h7-10,14,16,20,23H,4-6,11-13,15,17H2,1-3H3,(H,29,31)(H,30,34,35). The lowest BCUT2D eigenvalue weighted by molar-refractivity contribution is -0.126. The molecule has 0 radical (unpaired) electrons. The molecule has 2 amide bonds. The lowest BCUT2D eigenvalue weighted by Crippen LogP contribution is -2.45. The first-order valence-corrected chi connectivity index (χ1v) is 12.8. The Labute approximate surface area is 212 Å². The lowest BCUT2D eigenvalue weighted by atomic mass is 9.86. The number of likely N-dealkylation sites (tertiary alicyclic amines) is 1. The molecule has 2 saturated heterocycles. The predicted molar refractivity (Wildman–Crippen MR) is 140 cm³/mol. The van der Waals surface area contributed by atoms with E-state index in [9.17, 15) is 9.59 Å². The van der Waals surface area contributed by atoms with Gasteiger partial charge >= 0.3 is 0 Å². The molecule has 8 heteroatoms. The fourth-order valence-electron chi connectivity index (χ4n) is 5.49. The van der Waals surface area contributed by atoms with E-state index in [0.29, 0.717) is 6.61 Å². The van der Waals surface area contributed by atoms with Gasteiger partial charge in [-0.05, 0) is 99.8 Å². The molecular formula is C28H35N5O3. The molecule has 2 unspecified atom stereocenters. The molecule has 0 spiro atoms. The van der Waals surface area contributed by atoms with E-state index in [4.69, 9.17) is 4.74 Å². The van der Waals surface area contributed by atoms with E-state index in [0.717, 1.165) is 72.5 Å². The predicted octanol–water partition coefficient (Wildman–Crippen LogP) is 3.46. The summed E-state index contributed by atoms with van der Waals surface area (Å²) in [5, 5.41) is 3.60. The Kier molecular flexibility index (Phi) is 7.07. The zero-order chi connectivity index (χ0) is 25.2. The van der Waals surface area contributed by atoms with E-state index in [2.05, 4.69) is 64.3 Å². The number of pyridine rings is 1. The maximum Gasteiger partial charge on any atom is 0.244 e. The highest BCUT2D eigenvalue weighted by atomic mass is 16.5. The topological polar surface area (TPSA) is 90.6 Å². The van der Waals surface area contributed by atoms with Crippen LogP contribution < -0.4 is 10.1 Å². The minimum Gasteiger partial charge on any atom is -0.494 e. The first kappa shape index (κ1) is 24.5. The van der Waals surface area contributed by atoms with E-state index in [1.807, 2.05) is 18.3 Å². The zero-order valence-electron chi connectivity index (χ0n) is 21.3. The quantitative estimate of drug-likeness (QED) is 0.372. The summed E-state index contributed by atoms with van der Waals surface area (Å²) in [5.74, 6) is 0.753. The number of H-pyrrole nitrogens is 1. The Hall–Kier alpha value is -3.23. The van der Waals surface area contributed by atoms with E-state index < -0.39 is 0 Å². The second-order valence-electron chi connectivity index (χ2n) is 10.3. The number of carbonyl (C=O) groups is 2. The molecule has 3 aromatic rings. The number of ether oxygens (including phenoxy) is 1. The number of aryl methyl sites for hydroxylation is 1. The van der Waals surface area contributed by atoms with Gasteiger partial charge in [-0.15, -0.1) is 0 Å². The van der Waals surface area contributed by atoms with Crippen LogP contribution >= 0.6 is 0 Å². The van der Waals surface area contributed by atoms with Crippen LogP contribution in [0.15, 0.2) is 36.5 Å². The molecule has 2 fully saturated rings. The van der Waals surface area contributed by atoms with Crippen LogP contribution in [0.3, 0.4) is 0 Å². The summed E-state index contributed by atoms with van der Waals surface area (Å²) in [7, 11) is 4.13. The number of piperidine rings is 1. The monoisotopic (exact) mass is 489 g/mol. The van der Waals surface area contributed by atoms with E-state index in [1.165, 1.54) is 5.56 Å². The largest absolute Gasteiger partial charge is 0.494 e. The molecule has 2 aliphatic heterocycles. The normalized spacial score (nSPS) is 20.9. The van der Waals surface area contributed by atoms with Gasteiger partial charge in [-0.3, -0.25) is 19.8 Å². The van der Waals surface area contributed by atoms with Crippen LogP contribution in [0.4, 0.5) is 0 Å². The van der Waals surface area contributed by atoms with Crippen molar-refractivity contribution in [1.29, 1.82) is 0 Å². The number of fused-ring (bicyclic) bond motifs is 1. The van der Waals surface area contributed by atoms with Crippen molar-refractivity contribution < 1.29 is 14.3 Å². The molecule has 1 aromatic carbocycles. The highest BCUT2D eigenvalue weighted by Gasteiger charge is 2.38. The second-order valence-corrected chi connectivity index (χ2v) is 10.3. The summed E-state index contributed by atoms with van der Waals surface area (Å²) < 4.78 is 5.94. The van der Waals surface area contributed by atoms with Crippen LogP contribution in [0.25, 0.3) is 22.3 Å². The SMILES string of the molecule is Cc1cnc2[nH]c(-c3ccc(OCCCN(C)C)cc3)c(C3CCCN(C4CC(=O)NC4=O)C3)c2c1. The van der Waals surface area contributed by atoms with Crippen LogP contribution in [0, 0.1) is 6.92 Å². The maximum atomic E-state index is 12.4. The average molecular weight is 490 g/mol. The molecule has 2 atom stereocenters. The van der Waals surface area contributed by atoms with Crippen molar-refractivity contribution in [3.8, 4) is 17.0 Å². The third kappa shape index (κ3) is 5.15. The summed E-state index contributed by atoms with van der Waals surface area (Å²) in [4.78, 5) is 36.8. The van der Waals surface area contributed by atoms with Gasteiger partial charge in [0.1, 0.15) is 11.4 Å². The van der Waals surface area contributed by atoms with Gasteiger partial charge < -0.3 is 14.6 Å². The van der Waals surface area contributed by atoms with Crippen molar-refractivity contribution in [1.82, 2.24) is 25.1 Å². The van der Waals surface area contributed by atoms with Crippen molar-refractivity contribution in [3.63, 3.8) is 0 Å². The molecule has 0 saturated carbocycles. The van der Waals surface area contributed by atoms with Crippen LogP contribution in [-0.2, 0) is 9.59 Å². The Balaban J connectivity index is 1.43. The van der Waals surface area contributed by atoms with Gasteiger partial charge in [-0.2, -0.15) is 0 Å². The molecule has 5 rings (SSSR count). The fraction of sp³-hybridized carbons (Fsp3) is 0.464. The van der Waals surface area contributed by atoms with Gasteiger partial charge in [0.05, 0.1) is 24.8 Å². The van der Waals surface area contributed by atoms with E-state index in [1.54, 1.807) is 0 Å². The fourth-order valence-corrected chi connectivity index (χ4v) is 5.49. The van der Waals surface area contributed by atoms with Gasteiger partial charge in [-0.1, -0.05) is 0 Å². The average Bonchev–Trinajstić information content (AvgIpc) is 3.41. The number of amides is 2. The van der Waals surface area contributed by atoms with Crippen molar-refractivity contribution in [2.24, 2.45) is 0 Å². The highest BCUT2D eigenvalue weighted by Crippen LogP contribution is 2.40. The molecule has 4 heterocycles. The Morgan fingerprint density at radius 3 is 2.72 bits per heavy atom. The number of aromatic nitrogens is 2. The van der Waals surface area contributed by atoms with E-state index in [-0.39, 0.29) is 30.2 Å². The van der Waals surface area contributed by atoms with Crippen molar-refractivity contribution >= 4 is 22.8 Å². The second kappa shape index (κ2) is 10.4. The maximum absolute atomic E-state index is 12.4. The van der Waals surface area contributed by atoms with Crippen LogP contribution in [-0.4, -0.2) is 78.0 Å². The molecule has 36 heavy (non-hydrogen) atoms. The Bertz CT molecular complexity index is 1250. The van der Waals surface area contributed by atoms with Gasteiger partial charge in [0.25, 0.3) is 0 Å². The van der Waals surface area contributed by atoms with Gasteiger partial charge in [0, 0.05) is 24.7 Å². The molecule has 2 aliphatic rings. The number of nitrogens with zero attached hydrogens (tertiary/aromatic N) is 3. The van der Waals surface area contributed by atoms with Crippen LogP contribution in [0.1, 0.15) is 42.7 Å². The number of carbonyl (C=O) groups excluding carboxylic acids is 2. The molecule has 2 N–H and O–H groups in total. The van der Waals surface area contributed by atoms with Gasteiger partial charge in [0.2, 0.25) is 11.8 Å². The summed E-state index contributed by atoms with van der Waals surface area (Å²) in [5.41, 5.74) is 5.40. The minimum absolute atomic E-state index is 0.168. The Morgan fingerprint density at radius 2 is 2.00 bits per heavy atom. The first-order valence-electron chi connectivity index (χ1n) is 12.8. The molecular weight excluding hydrogens is 454 g/mol. The Morgan fingerprint density at radius 1 is 1.19 bits per heavy atom. The number of rotatable bonds is 8. The zero-order valence-corrected chi connectivity index (χ0v) is 21.3. The van der Waals surface area contributed by atoms with Crippen molar-refractivity contribution in [2.45, 2.75) is 44.6 Å². The smallest absolute Gasteiger partial charge is 0.244 e. The molecule has 0 bridgehead atoms. The number of hydrogen-bond acceptors (Lipinski definition) is 6. The number of aromatic amines is 1. The van der Waals surface area contributed by atoms with Gasteiger partial charge in [0.15, 0.2) is 0 Å². The lowest BCUT2D eigenvalue weighted by Gasteiger charge is -2.35. The molecule has 2 aromatic heterocycles. The molecule has 190 valence electrons. The first-order chi connectivity index (χ1) is 17.4. The molecule has 0 aliphatic carbocycles. The number of benzene rings is 1. The number of hydrogen-bond donors (Lipinski definition) is 2. The van der Waals surface area contributed by atoms with Gasteiger partial charge in [-0.25, -0.2) is 4.98 Å². The van der Waals surface area contributed by atoms with Crippen LogP contribution in [0.5, 0.6) is 5.75 Å². The summed E-state index contributed by atoms with van der Waals surface area (Å²) in [6, 6.07) is 10.1. The van der Waals surface area contributed by atoms with Crippen molar-refractivity contribution in [3.05, 3.63) is 47.7 Å². The third-order valence-corrected chi connectivity index (χ3v) is 7.23.